The molecule has 0 saturated carbocycles. The first kappa shape index (κ1) is 27.8. The Bertz CT molecular complexity index is 1290. The molecule has 2 amide bonds. The molecule has 1 aliphatic heterocycles. The van der Waals surface area contributed by atoms with E-state index in [-0.39, 0.29) is 15.1 Å². The minimum Gasteiger partial charge on any atom is -0.468 e. The summed E-state index contributed by atoms with van der Waals surface area (Å²) in [6.07, 6.45) is -4.70. The summed E-state index contributed by atoms with van der Waals surface area (Å²) in [5, 5.41) is 14.6. The van der Waals surface area contributed by atoms with Crippen molar-refractivity contribution in [1.82, 2.24) is 5.32 Å². The number of alkyl halides is 3. The molecule has 3 rings (SSSR count). The highest BCUT2D eigenvalue weighted by atomic mass is 79.9. The number of benzene rings is 2. The SMILES string of the molecule is COC(=O)[C@@H]1C(=O)NC(SCC(=O)Nc2ccc(Br)cc2C(F)(F)F)=C(C#N)[C@@H]1c1cccc(Br)c1. The Hall–Kier alpha value is -2.82. The van der Waals surface area contributed by atoms with Crippen LogP contribution < -0.4 is 10.6 Å². The van der Waals surface area contributed by atoms with Crippen molar-refractivity contribution in [3.05, 3.63) is 73.1 Å². The van der Waals surface area contributed by atoms with Crippen molar-refractivity contribution >= 4 is 67.1 Å². The maximum atomic E-state index is 13.3. The zero-order valence-electron chi connectivity index (χ0n) is 18.3. The van der Waals surface area contributed by atoms with Crippen molar-refractivity contribution in [3.8, 4) is 6.07 Å². The standard InChI is InChI=1S/C23H16Br2F3N3O4S/c1-35-22(34)19-18(11-3-2-4-12(24)7-11)14(9-29)21(31-20(19)33)36-10-17(32)30-16-6-5-13(25)8-15(16)23(26,27)28/h2-8,18-19H,10H2,1H3,(H,30,32)(H,31,33)/t18-,19-/m0/s1. The van der Waals surface area contributed by atoms with E-state index in [1.165, 1.54) is 6.07 Å². The fourth-order valence-corrected chi connectivity index (χ4v) is 5.19. The Balaban J connectivity index is 1.90. The van der Waals surface area contributed by atoms with Gasteiger partial charge in [0.2, 0.25) is 11.8 Å². The third kappa shape index (κ3) is 6.29. The third-order valence-corrected chi connectivity index (χ3v) is 7.10. The molecule has 0 aromatic heterocycles. The Kier molecular flexibility index (Phi) is 8.86. The number of allylic oxidation sites excluding steroid dienone is 1. The summed E-state index contributed by atoms with van der Waals surface area (Å²) >= 11 is 7.06. The van der Waals surface area contributed by atoms with Crippen LogP contribution in [0.2, 0.25) is 0 Å². The van der Waals surface area contributed by atoms with Gasteiger partial charge in [0.05, 0.1) is 40.8 Å². The number of rotatable bonds is 6. The number of anilines is 1. The number of ether oxygens (including phenoxy) is 1. The number of nitriles is 1. The molecule has 2 aromatic rings. The normalized spacial score (nSPS) is 17.8. The summed E-state index contributed by atoms with van der Waals surface area (Å²) in [4.78, 5) is 37.8. The zero-order valence-corrected chi connectivity index (χ0v) is 22.3. The smallest absolute Gasteiger partial charge is 0.418 e. The second-order valence-electron chi connectivity index (χ2n) is 7.40. The summed E-state index contributed by atoms with van der Waals surface area (Å²) in [5.74, 6) is -5.14. The first-order valence-corrected chi connectivity index (χ1v) is 12.6. The number of carbonyl (C=O) groups excluding carboxylic acids is 3. The van der Waals surface area contributed by atoms with Gasteiger partial charge >= 0.3 is 12.1 Å². The number of hydrogen-bond donors (Lipinski definition) is 2. The number of carbonyl (C=O) groups is 3. The number of amides is 2. The highest BCUT2D eigenvalue weighted by molar-refractivity contribution is 9.10. The molecule has 13 heteroatoms. The number of nitrogens with one attached hydrogen (secondary N) is 2. The second kappa shape index (κ2) is 11.5. The van der Waals surface area contributed by atoms with Crippen molar-refractivity contribution in [3.63, 3.8) is 0 Å². The molecule has 1 heterocycles. The molecule has 2 atom stereocenters. The van der Waals surface area contributed by atoms with E-state index in [1.54, 1.807) is 24.3 Å². The summed E-state index contributed by atoms with van der Waals surface area (Å²) < 4.78 is 45.7. The van der Waals surface area contributed by atoms with E-state index in [9.17, 15) is 32.8 Å². The van der Waals surface area contributed by atoms with Crippen LogP contribution in [0.4, 0.5) is 18.9 Å². The minimum absolute atomic E-state index is 0.0144. The van der Waals surface area contributed by atoms with Gasteiger partial charge in [-0.15, -0.1) is 0 Å². The zero-order chi connectivity index (χ0) is 26.6. The maximum Gasteiger partial charge on any atom is 0.418 e. The molecule has 0 spiro atoms. The molecule has 36 heavy (non-hydrogen) atoms. The van der Waals surface area contributed by atoms with Gasteiger partial charge < -0.3 is 15.4 Å². The summed E-state index contributed by atoms with van der Waals surface area (Å²) in [6, 6.07) is 12.0. The predicted octanol–water partition coefficient (Wildman–Crippen LogP) is 5.34. The van der Waals surface area contributed by atoms with Gasteiger partial charge in [-0.3, -0.25) is 14.4 Å². The molecule has 7 nitrogen and oxygen atoms in total. The van der Waals surface area contributed by atoms with Gasteiger partial charge in [0, 0.05) is 14.9 Å². The number of nitrogens with zero attached hydrogens (tertiary/aromatic N) is 1. The largest absolute Gasteiger partial charge is 0.468 e. The first-order chi connectivity index (χ1) is 17.0. The second-order valence-corrected chi connectivity index (χ2v) is 10.2. The highest BCUT2D eigenvalue weighted by Crippen LogP contribution is 2.41. The van der Waals surface area contributed by atoms with Crippen LogP contribution in [0.5, 0.6) is 0 Å². The van der Waals surface area contributed by atoms with Crippen molar-refractivity contribution in [2.75, 3.05) is 18.2 Å². The number of hydrogen-bond acceptors (Lipinski definition) is 6. The number of thioether (sulfide) groups is 1. The molecular formula is C23H16Br2F3N3O4S. The maximum absolute atomic E-state index is 13.3. The van der Waals surface area contributed by atoms with E-state index in [2.05, 4.69) is 42.5 Å². The predicted molar refractivity (Wildman–Crippen MR) is 133 cm³/mol. The molecule has 2 aromatic carbocycles. The summed E-state index contributed by atoms with van der Waals surface area (Å²) in [7, 11) is 1.12. The first-order valence-electron chi connectivity index (χ1n) is 10.0. The molecular weight excluding hydrogens is 631 g/mol. The van der Waals surface area contributed by atoms with E-state index in [4.69, 9.17) is 4.74 Å². The molecule has 0 aliphatic carbocycles. The van der Waals surface area contributed by atoms with Gasteiger partial charge in [0.25, 0.3) is 0 Å². The average molecular weight is 647 g/mol. The van der Waals surface area contributed by atoms with E-state index in [0.717, 1.165) is 31.0 Å². The Labute approximate surface area is 224 Å². The van der Waals surface area contributed by atoms with E-state index < -0.39 is 52.8 Å². The quantitative estimate of drug-likeness (QED) is 0.324. The lowest BCUT2D eigenvalue weighted by atomic mass is 9.78. The van der Waals surface area contributed by atoms with Gasteiger partial charge in [-0.2, -0.15) is 18.4 Å². The van der Waals surface area contributed by atoms with Crippen molar-refractivity contribution < 1.29 is 32.3 Å². The molecule has 188 valence electrons. The van der Waals surface area contributed by atoms with Gasteiger partial charge in [0.15, 0.2) is 0 Å². The molecule has 1 aliphatic rings. The molecule has 0 unspecified atom stereocenters. The summed E-state index contributed by atoms with van der Waals surface area (Å²) in [5.41, 5.74) is -0.969. The third-order valence-electron chi connectivity index (χ3n) is 5.10. The monoisotopic (exact) mass is 645 g/mol. The van der Waals surface area contributed by atoms with E-state index >= 15 is 0 Å². The lowest BCUT2D eigenvalue weighted by Crippen LogP contribution is -2.44. The Morgan fingerprint density at radius 1 is 1.19 bits per heavy atom. The van der Waals surface area contributed by atoms with E-state index in [1.807, 2.05) is 6.07 Å². The molecule has 0 saturated heterocycles. The number of methoxy groups -OCH3 is 1. The minimum atomic E-state index is -4.70. The summed E-state index contributed by atoms with van der Waals surface area (Å²) in [6.45, 7) is 0. The topological polar surface area (TPSA) is 108 Å². The highest BCUT2D eigenvalue weighted by Gasteiger charge is 2.44. The van der Waals surface area contributed by atoms with Crippen molar-refractivity contribution in [1.29, 1.82) is 5.26 Å². The van der Waals surface area contributed by atoms with Crippen LogP contribution >= 0.6 is 43.6 Å². The van der Waals surface area contributed by atoms with Crippen LogP contribution in [0.25, 0.3) is 0 Å². The molecule has 0 radical (unpaired) electrons. The van der Waals surface area contributed by atoms with Crippen molar-refractivity contribution in [2.45, 2.75) is 12.1 Å². The van der Waals surface area contributed by atoms with Crippen molar-refractivity contribution in [2.24, 2.45) is 5.92 Å². The van der Waals surface area contributed by atoms with Crippen LogP contribution in [0, 0.1) is 17.2 Å². The van der Waals surface area contributed by atoms with Crippen LogP contribution in [0.15, 0.2) is 62.0 Å². The fraction of sp³-hybridized carbons (Fsp3) is 0.217. The average Bonchev–Trinajstić information content (AvgIpc) is 2.82. The van der Waals surface area contributed by atoms with Gasteiger partial charge in [-0.1, -0.05) is 55.8 Å². The number of esters is 1. The van der Waals surface area contributed by atoms with Gasteiger partial charge in [0.1, 0.15) is 5.92 Å². The van der Waals surface area contributed by atoms with Crippen LogP contribution in [-0.2, 0) is 25.3 Å². The molecule has 0 fully saturated rings. The lowest BCUT2D eigenvalue weighted by molar-refractivity contribution is -0.150. The Morgan fingerprint density at radius 3 is 2.50 bits per heavy atom. The van der Waals surface area contributed by atoms with Crippen LogP contribution in [-0.4, -0.2) is 30.6 Å². The van der Waals surface area contributed by atoms with Gasteiger partial charge in [-0.25, -0.2) is 0 Å². The van der Waals surface area contributed by atoms with E-state index in [0.29, 0.717) is 10.0 Å². The van der Waals surface area contributed by atoms with Gasteiger partial charge in [-0.05, 0) is 35.9 Å². The lowest BCUT2D eigenvalue weighted by Gasteiger charge is -2.31. The van der Waals surface area contributed by atoms with Crippen LogP contribution in [0.1, 0.15) is 17.0 Å². The Morgan fingerprint density at radius 2 is 1.89 bits per heavy atom. The van der Waals surface area contributed by atoms with Crippen LogP contribution in [0.3, 0.4) is 0 Å². The molecule has 0 bridgehead atoms. The number of halogens is 5. The fourth-order valence-electron chi connectivity index (χ4n) is 3.56. The molecule has 2 N–H and O–H groups in total.